The first-order chi connectivity index (χ1) is 10.0. The molecule has 1 aromatic carbocycles. The van der Waals surface area contributed by atoms with Crippen LogP contribution in [0.25, 0.3) is 0 Å². The summed E-state index contributed by atoms with van der Waals surface area (Å²) < 4.78 is 16.1. The molecule has 0 aliphatic heterocycles. The lowest BCUT2D eigenvalue weighted by Gasteiger charge is -2.20. The minimum absolute atomic E-state index is 0.140. The standard InChI is InChI=1S/C15H20ClFN4/c1-4-18-13(11-6-5-7-12(16)15(11)17)8-14-19-9-20-21(14)10(2)3/h5-7,9-10,13,18H,4,8H2,1-3H3. The van der Waals surface area contributed by atoms with Crippen molar-refractivity contribution in [1.29, 1.82) is 0 Å². The molecule has 1 atom stereocenters. The Morgan fingerprint density at radius 2 is 2.14 bits per heavy atom. The number of nitrogens with zero attached hydrogens (tertiary/aromatic N) is 3. The van der Waals surface area contributed by atoms with Crippen LogP contribution in [0.1, 0.15) is 44.2 Å². The van der Waals surface area contributed by atoms with Crippen LogP contribution in [0, 0.1) is 5.82 Å². The molecule has 0 fully saturated rings. The van der Waals surface area contributed by atoms with Crippen molar-refractivity contribution >= 4 is 11.6 Å². The van der Waals surface area contributed by atoms with Gasteiger partial charge in [-0.25, -0.2) is 14.1 Å². The number of aromatic nitrogens is 3. The van der Waals surface area contributed by atoms with Gasteiger partial charge >= 0.3 is 0 Å². The Labute approximate surface area is 129 Å². The molecule has 114 valence electrons. The zero-order valence-electron chi connectivity index (χ0n) is 12.5. The molecule has 0 amide bonds. The summed E-state index contributed by atoms with van der Waals surface area (Å²) in [5.74, 6) is 0.455. The molecular formula is C15H20ClFN4. The van der Waals surface area contributed by atoms with E-state index in [0.717, 1.165) is 12.4 Å². The maximum absolute atomic E-state index is 14.2. The molecule has 21 heavy (non-hydrogen) atoms. The summed E-state index contributed by atoms with van der Waals surface area (Å²) in [4.78, 5) is 4.29. The van der Waals surface area contributed by atoms with E-state index in [4.69, 9.17) is 11.6 Å². The van der Waals surface area contributed by atoms with E-state index < -0.39 is 0 Å². The van der Waals surface area contributed by atoms with Crippen LogP contribution in [0.15, 0.2) is 24.5 Å². The monoisotopic (exact) mass is 310 g/mol. The number of benzene rings is 1. The van der Waals surface area contributed by atoms with Gasteiger partial charge in [0.25, 0.3) is 0 Å². The van der Waals surface area contributed by atoms with Gasteiger partial charge in [0.1, 0.15) is 18.0 Å². The lowest BCUT2D eigenvalue weighted by Crippen LogP contribution is -2.25. The Morgan fingerprint density at radius 1 is 1.38 bits per heavy atom. The molecule has 2 rings (SSSR count). The van der Waals surface area contributed by atoms with Crippen molar-refractivity contribution in [2.24, 2.45) is 0 Å². The fourth-order valence-corrected chi connectivity index (χ4v) is 2.54. The molecule has 1 aromatic heterocycles. The van der Waals surface area contributed by atoms with Crippen LogP contribution in [0.5, 0.6) is 0 Å². The first-order valence-corrected chi connectivity index (χ1v) is 7.48. The molecule has 4 nitrogen and oxygen atoms in total. The van der Waals surface area contributed by atoms with Gasteiger partial charge in [0.2, 0.25) is 0 Å². The minimum atomic E-state index is -0.374. The van der Waals surface area contributed by atoms with Crippen LogP contribution in [-0.4, -0.2) is 21.3 Å². The third-order valence-corrected chi connectivity index (χ3v) is 3.62. The van der Waals surface area contributed by atoms with Crippen LogP contribution >= 0.6 is 11.6 Å². The number of halogens is 2. The Hall–Kier alpha value is -1.46. The summed E-state index contributed by atoms with van der Waals surface area (Å²) in [6.45, 7) is 6.80. The lowest BCUT2D eigenvalue weighted by molar-refractivity contribution is 0.458. The van der Waals surface area contributed by atoms with E-state index in [1.54, 1.807) is 18.2 Å². The summed E-state index contributed by atoms with van der Waals surface area (Å²) in [5.41, 5.74) is 0.558. The maximum atomic E-state index is 14.2. The van der Waals surface area contributed by atoms with Crippen molar-refractivity contribution in [2.45, 2.75) is 39.3 Å². The van der Waals surface area contributed by atoms with Crippen molar-refractivity contribution in [3.63, 3.8) is 0 Å². The zero-order valence-corrected chi connectivity index (χ0v) is 13.2. The Kier molecular flexibility index (Phi) is 5.31. The second kappa shape index (κ2) is 7.00. The Morgan fingerprint density at radius 3 is 2.81 bits per heavy atom. The number of hydrogen-bond acceptors (Lipinski definition) is 3. The number of likely N-dealkylation sites (N-methyl/N-ethyl adjacent to an activating group) is 1. The molecular weight excluding hydrogens is 291 g/mol. The van der Waals surface area contributed by atoms with E-state index >= 15 is 0 Å². The predicted octanol–water partition coefficient (Wildman–Crippen LogP) is 3.54. The smallest absolute Gasteiger partial charge is 0.146 e. The summed E-state index contributed by atoms with van der Waals surface area (Å²) in [6, 6.07) is 5.10. The molecule has 0 bridgehead atoms. The Bertz CT molecular complexity index is 597. The van der Waals surface area contributed by atoms with Gasteiger partial charge in [0, 0.05) is 24.1 Å². The highest BCUT2D eigenvalue weighted by molar-refractivity contribution is 6.30. The van der Waals surface area contributed by atoms with Gasteiger partial charge in [-0.3, -0.25) is 0 Å². The normalized spacial score (nSPS) is 12.9. The van der Waals surface area contributed by atoms with Gasteiger partial charge in [-0.1, -0.05) is 30.7 Å². The molecule has 1 heterocycles. The van der Waals surface area contributed by atoms with Gasteiger partial charge in [-0.05, 0) is 26.5 Å². The van der Waals surface area contributed by atoms with Crippen molar-refractivity contribution in [1.82, 2.24) is 20.1 Å². The van der Waals surface area contributed by atoms with E-state index in [1.807, 2.05) is 25.5 Å². The number of rotatable bonds is 6. The average molecular weight is 311 g/mol. The summed E-state index contributed by atoms with van der Waals surface area (Å²) >= 11 is 5.89. The minimum Gasteiger partial charge on any atom is -0.310 e. The molecule has 1 unspecified atom stereocenters. The average Bonchev–Trinajstić information content (AvgIpc) is 2.90. The fourth-order valence-electron chi connectivity index (χ4n) is 2.36. The highest BCUT2D eigenvalue weighted by Crippen LogP contribution is 2.26. The van der Waals surface area contributed by atoms with Crippen LogP contribution < -0.4 is 5.32 Å². The summed E-state index contributed by atoms with van der Waals surface area (Å²) in [5, 5.41) is 7.65. The summed E-state index contributed by atoms with van der Waals surface area (Å²) in [7, 11) is 0. The highest BCUT2D eigenvalue weighted by Gasteiger charge is 2.20. The van der Waals surface area contributed by atoms with E-state index in [0.29, 0.717) is 12.0 Å². The SMILES string of the molecule is CCNC(Cc1ncnn1C(C)C)c1cccc(Cl)c1F. The van der Waals surface area contributed by atoms with E-state index in [2.05, 4.69) is 15.4 Å². The topological polar surface area (TPSA) is 42.7 Å². The van der Waals surface area contributed by atoms with E-state index in [-0.39, 0.29) is 22.9 Å². The third-order valence-electron chi connectivity index (χ3n) is 3.33. The third kappa shape index (κ3) is 3.60. The molecule has 2 aromatic rings. The first kappa shape index (κ1) is 15.9. The van der Waals surface area contributed by atoms with Crippen molar-refractivity contribution in [3.05, 3.63) is 46.8 Å². The quantitative estimate of drug-likeness (QED) is 0.887. The number of hydrogen-bond donors (Lipinski definition) is 1. The maximum Gasteiger partial charge on any atom is 0.146 e. The molecule has 1 N–H and O–H groups in total. The molecule has 0 spiro atoms. The van der Waals surface area contributed by atoms with Gasteiger partial charge in [0.15, 0.2) is 0 Å². The first-order valence-electron chi connectivity index (χ1n) is 7.10. The van der Waals surface area contributed by atoms with Crippen molar-refractivity contribution < 1.29 is 4.39 Å². The van der Waals surface area contributed by atoms with Gasteiger partial charge < -0.3 is 5.32 Å². The largest absolute Gasteiger partial charge is 0.310 e. The summed E-state index contributed by atoms with van der Waals surface area (Å²) in [6.07, 6.45) is 2.09. The Balaban J connectivity index is 2.31. The predicted molar refractivity (Wildman–Crippen MR) is 81.9 cm³/mol. The van der Waals surface area contributed by atoms with Crippen LogP contribution in [0.2, 0.25) is 5.02 Å². The van der Waals surface area contributed by atoms with Crippen LogP contribution in [0.4, 0.5) is 4.39 Å². The second-order valence-electron chi connectivity index (χ2n) is 5.17. The lowest BCUT2D eigenvalue weighted by atomic mass is 10.0. The van der Waals surface area contributed by atoms with E-state index in [1.165, 1.54) is 6.33 Å². The fraction of sp³-hybridized carbons (Fsp3) is 0.467. The van der Waals surface area contributed by atoms with Crippen LogP contribution in [-0.2, 0) is 6.42 Å². The zero-order chi connectivity index (χ0) is 15.4. The molecule has 0 saturated carbocycles. The van der Waals surface area contributed by atoms with Crippen molar-refractivity contribution in [3.8, 4) is 0 Å². The second-order valence-corrected chi connectivity index (χ2v) is 5.58. The molecule has 0 radical (unpaired) electrons. The molecule has 0 aliphatic rings. The molecule has 0 aliphatic carbocycles. The highest BCUT2D eigenvalue weighted by atomic mass is 35.5. The molecule has 0 saturated heterocycles. The van der Waals surface area contributed by atoms with Gasteiger partial charge in [0.05, 0.1) is 5.02 Å². The van der Waals surface area contributed by atoms with Gasteiger partial charge in [-0.2, -0.15) is 5.10 Å². The van der Waals surface area contributed by atoms with Crippen molar-refractivity contribution in [2.75, 3.05) is 6.54 Å². The van der Waals surface area contributed by atoms with Crippen LogP contribution in [0.3, 0.4) is 0 Å². The van der Waals surface area contributed by atoms with E-state index in [9.17, 15) is 4.39 Å². The molecule has 6 heteroatoms. The number of nitrogens with one attached hydrogen (secondary N) is 1. The van der Waals surface area contributed by atoms with Gasteiger partial charge in [-0.15, -0.1) is 0 Å².